The molecule has 0 spiro atoms. The van der Waals surface area contributed by atoms with E-state index in [-0.39, 0.29) is 0 Å². The van der Waals surface area contributed by atoms with Crippen LogP contribution in [0.3, 0.4) is 0 Å². The summed E-state index contributed by atoms with van der Waals surface area (Å²) in [5.41, 5.74) is 2.16. The maximum absolute atomic E-state index is 5.90. The first-order valence-corrected chi connectivity index (χ1v) is 6.52. The van der Waals surface area contributed by atoms with E-state index >= 15 is 0 Å². The van der Waals surface area contributed by atoms with E-state index in [4.69, 9.17) is 4.74 Å². The Balaban J connectivity index is 1.89. The molecule has 0 aliphatic heterocycles. The zero-order chi connectivity index (χ0) is 12.1. The normalized spacial score (nSPS) is 15.6. The van der Waals surface area contributed by atoms with Gasteiger partial charge in [0.05, 0.1) is 6.61 Å². The molecule has 1 N–H and O–H groups in total. The summed E-state index contributed by atoms with van der Waals surface area (Å²) < 4.78 is 5.90. The van der Waals surface area contributed by atoms with Crippen molar-refractivity contribution in [3.63, 3.8) is 0 Å². The van der Waals surface area contributed by atoms with Crippen molar-refractivity contribution >= 4 is 0 Å². The van der Waals surface area contributed by atoms with Gasteiger partial charge in [-0.2, -0.15) is 0 Å². The van der Waals surface area contributed by atoms with Gasteiger partial charge in [-0.05, 0) is 26.3 Å². The molecular formula is C14H22N2O. The third-order valence-electron chi connectivity index (χ3n) is 3.46. The lowest BCUT2D eigenvalue weighted by Gasteiger charge is -2.25. The van der Waals surface area contributed by atoms with Crippen LogP contribution < -0.4 is 10.1 Å². The Morgan fingerprint density at radius 2 is 2.29 bits per heavy atom. The lowest BCUT2D eigenvalue weighted by Crippen LogP contribution is -2.15. The maximum Gasteiger partial charge on any atom is 0.127 e. The van der Waals surface area contributed by atoms with Crippen LogP contribution in [0, 0.1) is 12.8 Å². The quantitative estimate of drug-likeness (QED) is 0.821. The minimum Gasteiger partial charge on any atom is -0.493 e. The maximum atomic E-state index is 5.90. The van der Waals surface area contributed by atoms with Crippen molar-refractivity contribution in [2.24, 2.45) is 5.92 Å². The summed E-state index contributed by atoms with van der Waals surface area (Å²) in [5.74, 6) is 1.90. The van der Waals surface area contributed by atoms with Gasteiger partial charge in [0.25, 0.3) is 0 Å². The average molecular weight is 234 g/mol. The fourth-order valence-electron chi connectivity index (χ4n) is 2.14. The van der Waals surface area contributed by atoms with Crippen LogP contribution >= 0.6 is 0 Å². The lowest BCUT2D eigenvalue weighted by molar-refractivity contribution is 0.220. The number of nitrogens with zero attached hydrogens (tertiary/aromatic N) is 1. The first-order chi connectivity index (χ1) is 8.29. The molecule has 0 bridgehead atoms. The van der Waals surface area contributed by atoms with E-state index in [1.54, 1.807) is 0 Å². The highest BCUT2D eigenvalue weighted by Gasteiger charge is 2.17. The second-order valence-corrected chi connectivity index (χ2v) is 4.90. The van der Waals surface area contributed by atoms with E-state index in [1.165, 1.54) is 25.7 Å². The molecule has 0 aromatic carbocycles. The Kier molecular flexibility index (Phi) is 4.37. The first-order valence-electron chi connectivity index (χ1n) is 6.52. The predicted octanol–water partition coefficient (Wildman–Crippen LogP) is 2.68. The van der Waals surface area contributed by atoms with Gasteiger partial charge in [0.1, 0.15) is 5.75 Å². The monoisotopic (exact) mass is 234 g/mol. The molecule has 1 saturated carbocycles. The molecule has 0 atom stereocenters. The molecule has 0 amide bonds. The van der Waals surface area contributed by atoms with Gasteiger partial charge in [-0.25, -0.2) is 0 Å². The molecule has 17 heavy (non-hydrogen) atoms. The van der Waals surface area contributed by atoms with Crippen molar-refractivity contribution in [2.45, 2.75) is 39.2 Å². The molecule has 1 aromatic rings. The Morgan fingerprint density at radius 3 is 2.94 bits per heavy atom. The molecule has 94 valence electrons. The number of aromatic nitrogens is 1. The number of hydrogen-bond acceptors (Lipinski definition) is 3. The summed E-state index contributed by atoms with van der Waals surface area (Å²) in [7, 11) is 1.94. The van der Waals surface area contributed by atoms with Crippen molar-refractivity contribution in [3.8, 4) is 5.75 Å². The first kappa shape index (κ1) is 12.4. The minimum absolute atomic E-state index is 0.812. The molecule has 1 heterocycles. The second-order valence-electron chi connectivity index (χ2n) is 4.90. The minimum atomic E-state index is 0.812. The molecular weight excluding hydrogens is 212 g/mol. The number of nitrogens with one attached hydrogen (secondary N) is 1. The van der Waals surface area contributed by atoms with E-state index in [1.807, 2.05) is 26.2 Å². The molecule has 2 rings (SSSR count). The third kappa shape index (κ3) is 3.43. The topological polar surface area (TPSA) is 34.2 Å². The highest BCUT2D eigenvalue weighted by molar-refractivity contribution is 5.32. The summed E-state index contributed by atoms with van der Waals surface area (Å²) in [5, 5.41) is 3.15. The van der Waals surface area contributed by atoms with Crippen LogP contribution in [-0.4, -0.2) is 18.6 Å². The molecule has 0 unspecified atom stereocenters. The van der Waals surface area contributed by atoms with Crippen molar-refractivity contribution in [1.29, 1.82) is 0 Å². The average Bonchev–Trinajstić information content (AvgIpc) is 2.25. The lowest BCUT2D eigenvalue weighted by atomic mass is 9.83. The van der Waals surface area contributed by atoms with Gasteiger partial charge in [0.2, 0.25) is 0 Å². The summed E-state index contributed by atoms with van der Waals surface area (Å²) in [4.78, 5) is 4.31. The molecule has 1 aliphatic carbocycles. The molecule has 1 aromatic heterocycles. The van der Waals surface area contributed by atoms with Crippen LogP contribution in [-0.2, 0) is 6.54 Å². The smallest absolute Gasteiger partial charge is 0.127 e. The van der Waals surface area contributed by atoms with Gasteiger partial charge in [-0.3, -0.25) is 4.98 Å². The van der Waals surface area contributed by atoms with E-state index < -0.39 is 0 Å². The SMILES string of the molecule is CNCc1cnc(C)cc1OCCC1CCC1. The highest BCUT2D eigenvalue weighted by Crippen LogP contribution is 2.29. The van der Waals surface area contributed by atoms with Crippen LogP contribution in [0.4, 0.5) is 0 Å². The van der Waals surface area contributed by atoms with E-state index in [0.29, 0.717) is 0 Å². The van der Waals surface area contributed by atoms with Gasteiger partial charge in [0, 0.05) is 30.1 Å². The van der Waals surface area contributed by atoms with Crippen molar-refractivity contribution in [2.75, 3.05) is 13.7 Å². The molecule has 3 heteroatoms. The fourth-order valence-corrected chi connectivity index (χ4v) is 2.14. The summed E-state index contributed by atoms with van der Waals surface area (Å²) in [6.07, 6.45) is 7.29. The Bertz CT molecular complexity index is 361. The largest absolute Gasteiger partial charge is 0.493 e. The zero-order valence-electron chi connectivity index (χ0n) is 10.8. The Hall–Kier alpha value is -1.09. The number of rotatable bonds is 6. The number of pyridine rings is 1. The van der Waals surface area contributed by atoms with E-state index in [2.05, 4.69) is 10.3 Å². The zero-order valence-corrected chi connectivity index (χ0v) is 10.8. The van der Waals surface area contributed by atoms with Gasteiger partial charge in [-0.15, -0.1) is 0 Å². The number of hydrogen-bond donors (Lipinski definition) is 1. The molecule has 1 fully saturated rings. The van der Waals surface area contributed by atoms with Crippen LogP contribution in [0.15, 0.2) is 12.3 Å². The van der Waals surface area contributed by atoms with Gasteiger partial charge < -0.3 is 10.1 Å². The Labute approximate surface area is 104 Å². The van der Waals surface area contributed by atoms with Crippen molar-refractivity contribution in [1.82, 2.24) is 10.3 Å². The standard InChI is InChI=1S/C14H22N2O/c1-11-8-14(13(9-15-2)10-16-11)17-7-6-12-4-3-5-12/h8,10,12,15H,3-7,9H2,1-2H3. The molecule has 0 saturated heterocycles. The number of ether oxygens (including phenoxy) is 1. The third-order valence-corrected chi connectivity index (χ3v) is 3.46. The summed E-state index contributed by atoms with van der Waals surface area (Å²) in [6.45, 7) is 3.65. The van der Waals surface area contributed by atoms with E-state index in [0.717, 1.165) is 36.1 Å². The number of aryl methyl sites for hydroxylation is 1. The van der Waals surface area contributed by atoms with Gasteiger partial charge in [-0.1, -0.05) is 19.3 Å². The van der Waals surface area contributed by atoms with Gasteiger partial charge >= 0.3 is 0 Å². The Morgan fingerprint density at radius 1 is 1.47 bits per heavy atom. The second kappa shape index (κ2) is 6.01. The van der Waals surface area contributed by atoms with Crippen LogP contribution in [0.25, 0.3) is 0 Å². The fraction of sp³-hybridized carbons (Fsp3) is 0.643. The summed E-state index contributed by atoms with van der Waals surface area (Å²) >= 11 is 0. The van der Waals surface area contributed by atoms with Crippen molar-refractivity contribution < 1.29 is 4.74 Å². The highest BCUT2D eigenvalue weighted by atomic mass is 16.5. The molecule has 1 aliphatic rings. The van der Waals surface area contributed by atoms with Crippen molar-refractivity contribution in [3.05, 3.63) is 23.5 Å². The van der Waals surface area contributed by atoms with E-state index in [9.17, 15) is 0 Å². The molecule has 3 nitrogen and oxygen atoms in total. The predicted molar refractivity (Wildman–Crippen MR) is 69.2 cm³/mol. The van der Waals surface area contributed by atoms with Crippen LogP contribution in [0.1, 0.15) is 36.9 Å². The summed E-state index contributed by atoms with van der Waals surface area (Å²) in [6, 6.07) is 2.04. The molecule has 0 radical (unpaired) electrons. The van der Waals surface area contributed by atoms with Crippen LogP contribution in [0.5, 0.6) is 5.75 Å². The van der Waals surface area contributed by atoms with Crippen LogP contribution in [0.2, 0.25) is 0 Å². The van der Waals surface area contributed by atoms with Gasteiger partial charge in [0.15, 0.2) is 0 Å².